The first-order valence-electron chi connectivity index (χ1n) is 6.99. The molecule has 0 saturated carbocycles. The Morgan fingerprint density at radius 2 is 2.00 bits per heavy atom. The topological polar surface area (TPSA) is 123 Å². The van der Waals surface area contributed by atoms with Crippen LogP contribution in [0.3, 0.4) is 0 Å². The standard InChI is InChI=1S/C16H15N3O6/c1-24-11-4-5-12(15(8-11)25-2)16(21)18-17-9-10-3-6-14(20)13(7-10)19(22)23/h3-9,20H,1-2H3,(H,18,21)/b17-9+. The van der Waals surface area contributed by atoms with Gasteiger partial charge >= 0.3 is 5.69 Å². The highest BCUT2D eigenvalue weighted by molar-refractivity contribution is 5.97. The zero-order valence-electron chi connectivity index (χ0n) is 13.4. The fourth-order valence-electron chi connectivity index (χ4n) is 1.98. The molecular weight excluding hydrogens is 330 g/mol. The molecule has 25 heavy (non-hydrogen) atoms. The normalized spacial score (nSPS) is 10.5. The maximum atomic E-state index is 12.1. The number of hydrogen-bond donors (Lipinski definition) is 2. The molecular formula is C16H15N3O6. The highest BCUT2D eigenvalue weighted by atomic mass is 16.6. The van der Waals surface area contributed by atoms with E-state index in [1.165, 1.54) is 38.6 Å². The van der Waals surface area contributed by atoms with E-state index in [4.69, 9.17) is 9.47 Å². The number of nitrogens with one attached hydrogen (secondary N) is 1. The molecule has 0 bridgehead atoms. The van der Waals surface area contributed by atoms with Crippen molar-refractivity contribution in [2.45, 2.75) is 0 Å². The number of aromatic hydroxyl groups is 1. The number of nitrogens with zero attached hydrogens (tertiary/aromatic N) is 2. The molecule has 2 N–H and O–H groups in total. The van der Waals surface area contributed by atoms with Crippen LogP contribution in [0.1, 0.15) is 15.9 Å². The molecule has 130 valence electrons. The first-order valence-corrected chi connectivity index (χ1v) is 6.99. The zero-order valence-corrected chi connectivity index (χ0v) is 13.4. The van der Waals surface area contributed by atoms with Gasteiger partial charge in [-0.3, -0.25) is 14.9 Å². The average Bonchev–Trinajstić information content (AvgIpc) is 2.62. The number of methoxy groups -OCH3 is 2. The van der Waals surface area contributed by atoms with E-state index in [-0.39, 0.29) is 5.56 Å². The molecule has 0 saturated heterocycles. The molecule has 0 fully saturated rings. The van der Waals surface area contributed by atoms with Gasteiger partial charge in [-0.2, -0.15) is 5.10 Å². The van der Waals surface area contributed by atoms with Crippen molar-refractivity contribution >= 4 is 17.8 Å². The largest absolute Gasteiger partial charge is 0.502 e. The molecule has 9 heteroatoms. The van der Waals surface area contributed by atoms with Crippen molar-refractivity contribution in [1.82, 2.24) is 5.43 Å². The number of ether oxygens (including phenoxy) is 2. The van der Waals surface area contributed by atoms with E-state index in [0.717, 1.165) is 6.07 Å². The molecule has 0 aliphatic heterocycles. The van der Waals surface area contributed by atoms with E-state index >= 15 is 0 Å². The van der Waals surface area contributed by atoms with Crippen LogP contribution in [-0.2, 0) is 0 Å². The van der Waals surface area contributed by atoms with Crippen LogP contribution in [0.4, 0.5) is 5.69 Å². The summed E-state index contributed by atoms with van der Waals surface area (Å²) >= 11 is 0. The van der Waals surface area contributed by atoms with Crippen LogP contribution >= 0.6 is 0 Å². The Hall–Kier alpha value is -3.62. The third-order valence-electron chi connectivity index (χ3n) is 3.23. The number of phenolic OH excluding ortho intramolecular Hbond substituents is 1. The molecule has 0 heterocycles. The number of nitro benzene ring substituents is 1. The Kier molecular flexibility index (Phi) is 5.51. The lowest BCUT2D eigenvalue weighted by Gasteiger charge is -2.08. The van der Waals surface area contributed by atoms with Gasteiger partial charge in [0.05, 0.1) is 30.9 Å². The lowest BCUT2D eigenvalue weighted by atomic mass is 10.2. The van der Waals surface area contributed by atoms with Crippen LogP contribution < -0.4 is 14.9 Å². The first-order chi connectivity index (χ1) is 12.0. The van der Waals surface area contributed by atoms with Gasteiger partial charge in [0.1, 0.15) is 11.5 Å². The zero-order chi connectivity index (χ0) is 18.4. The summed E-state index contributed by atoms with van der Waals surface area (Å²) in [6.07, 6.45) is 1.22. The maximum Gasteiger partial charge on any atom is 0.311 e. The van der Waals surface area contributed by atoms with Crippen LogP contribution in [0.25, 0.3) is 0 Å². The molecule has 0 aromatic heterocycles. The predicted octanol–water partition coefficient (Wildman–Crippen LogP) is 2.08. The summed E-state index contributed by atoms with van der Waals surface area (Å²) in [4.78, 5) is 22.2. The fraction of sp³-hybridized carbons (Fsp3) is 0.125. The second-order valence-corrected chi connectivity index (χ2v) is 4.77. The first kappa shape index (κ1) is 17.7. The number of carbonyl (C=O) groups excluding carboxylic acids is 1. The number of carbonyl (C=O) groups is 1. The van der Waals surface area contributed by atoms with E-state index in [2.05, 4.69) is 10.5 Å². The Labute approximate surface area is 142 Å². The van der Waals surface area contributed by atoms with Crippen molar-refractivity contribution in [3.8, 4) is 17.2 Å². The van der Waals surface area contributed by atoms with E-state index in [9.17, 15) is 20.0 Å². The summed E-state index contributed by atoms with van der Waals surface area (Å²) in [7, 11) is 2.92. The van der Waals surface area contributed by atoms with E-state index < -0.39 is 22.3 Å². The smallest absolute Gasteiger partial charge is 0.311 e. The summed E-state index contributed by atoms with van der Waals surface area (Å²) in [5, 5.41) is 23.9. The Morgan fingerprint density at radius 1 is 1.24 bits per heavy atom. The molecule has 0 spiro atoms. The number of hydrazone groups is 1. The van der Waals surface area contributed by atoms with Crippen LogP contribution in [-0.4, -0.2) is 36.4 Å². The lowest BCUT2D eigenvalue weighted by Crippen LogP contribution is -2.18. The van der Waals surface area contributed by atoms with Gasteiger partial charge in [-0.25, -0.2) is 5.43 Å². The van der Waals surface area contributed by atoms with Gasteiger partial charge in [0.25, 0.3) is 5.91 Å². The van der Waals surface area contributed by atoms with E-state index in [0.29, 0.717) is 17.1 Å². The van der Waals surface area contributed by atoms with Gasteiger partial charge in [0.15, 0.2) is 5.75 Å². The number of rotatable bonds is 6. The molecule has 0 radical (unpaired) electrons. The number of benzene rings is 2. The SMILES string of the molecule is COc1ccc(C(=O)N/N=C/c2ccc(O)c([N+](=O)[O-])c2)c(OC)c1. The predicted molar refractivity (Wildman–Crippen MR) is 89.4 cm³/mol. The lowest BCUT2D eigenvalue weighted by molar-refractivity contribution is -0.385. The summed E-state index contributed by atoms with van der Waals surface area (Å²) in [6, 6.07) is 8.42. The van der Waals surface area contributed by atoms with Gasteiger partial charge < -0.3 is 14.6 Å². The summed E-state index contributed by atoms with van der Waals surface area (Å²) in [5.74, 6) is -0.126. The van der Waals surface area contributed by atoms with Crippen molar-refractivity contribution in [2.75, 3.05) is 14.2 Å². The van der Waals surface area contributed by atoms with Crippen LogP contribution in [0.15, 0.2) is 41.5 Å². The highest BCUT2D eigenvalue weighted by Gasteiger charge is 2.14. The molecule has 0 aliphatic carbocycles. The monoisotopic (exact) mass is 345 g/mol. The quantitative estimate of drug-likeness (QED) is 0.469. The number of nitro groups is 1. The molecule has 2 aromatic carbocycles. The molecule has 0 atom stereocenters. The third-order valence-corrected chi connectivity index (χ3v) is 3.23. The van der Waals surface area contributed by atoms with Gasteiger partial charge in [-0.1, -0.05) is 0 Å². The third kappa shape index (κ3) is 4.22. The van der Waals surface area contributed by atoms with Crippen molar-refractivity contribution in [3.63, 3.8) is 0 Å². The molecule has 2 aromatic rings. The molecule has 0 aliphatic rings. The summed E-state index contributed by atoms with van der Waals surface area (Å²) < 4.78 is 10.2. The minimum atomic E-state index is -0.715. The fourth-order valence-corrected chi connectivity index (χ4v) is 1.98. The number of amides is 1. The van der Waals surface area contributed by atoms with E-state index in [1.54, 1.807) is 12.1 Å². The van der Waals surface area contributed by atoms with Gasteiger partial charge in [-0.15, -0.1) is 0 Å². The highest BCUT2D eigenvalue weighted by Crippen LogP contribution is 2.26. The van der Waals surface area contributed by atoms with Crippen molar-refractivity contribution in [2.24, 2.45) is 5.10 Å². The van der Waals surface area contributed by atoms with Crippen molar-refractivity contribution < 1.29 is 24.3 Å². The van der Waals surface area contributed by atoms with Crippen LogP contribution in [0.2, 0.25) is 0 Å². The van der Waals surface area contributed by atoms with E-state index in [1.807, 2.05) is 0 Å². The summed E-state index contributed by atoms with van der Waals surface area (Å²) in [5.41, 5.74) is 2.44. The molecule has 1 amide bonds. The van der Waals surface area contributed by atoms with Crippen LogP contribution in [0, 0.1) is 10.1 Å². The minimum Gasteiger partial charge on any atom is -0.502 e. The van der Waals surface area contributed by atoms with Crippen molar-refractivity contribution in [3.05, 3.63) is 57.6 Å². The van der Waals surface area contributed by atoms with Gasteiger partial charge in [0.2, 0.25) is 0 Å². The minimum absolute atomic E-state index is 0.247. The average molecular weight is 345 g/mol. The second-order valence-electron chi connectivity index (χ2n) is 4.77. The maximum absolute atomic E-state index is 12.1. The molecule has 2 rings (SSSR count). The van der Waals surface area contributed by atoms with Gasteiger partial charge in [-0.05, 0) is 24.3 Å². The van der Waals surface area contributed by atoms with Crippen LogP contribution in [0.5, 0.6) is 17.2 Å². The molecule has 0 unspecified atom stereocenters. The van der Waals surface area contributed by atoms with Crippen molar-refractivity contribution in [1.29, 1.82) is 0 Å². The molecule has 9 nitrogen and oxygen atoms in total. The Balaban J connectivity index is 2.13. The second kappa shape index (κ2) is 7.77. The summed E-state index contributed by atoms with van der Waals surface area (Å²) in [6.45, 7) is 0. The van der Waals surface area contributed by atoms with Gasteiger partial charge in [0, 0.05) is 17.7 Å². The Bertz CT molecular complexity index is 835. The number of phenols is 1. The Morgan fingerprint density at radius 3 is 2.64 bits per heavy atom. The number of hydrogen-bond acceptors (Lipinski definition) is 7.